The van der Waals surface area contributed by atoms with Crippen LogP contribution in [0.15, 0.2) is 72.8 Å². The Labute approximate surface area is 159 Å². The Balaban J connectivity index is 1.75. The number of fused-ring (bicyclic) bond motifs is 2. The van der Waals surface area contributed by atoms with Gasteiger partial charge in [0.05, 0.1) is 11.0 Å². The molecule has 27 heavy (non-hydrogen) atoms. The predicted octanol–water partition coefficient (Wildman–Crippen LogP) is 5.90. The van der Waals surface area contributed by atoms with Gasteiger partial charge in [-0.3, -0.25) is 4.79 Å². The van der Waals surface area contributed by atoms with Gasteiger partial charge in [-0.15, -0.1) is 0 Å². The normalized spacial score (nSPS) is 16.3. The van der Waals surface area contributed by atoms with Gasteiger partial charge >= 0.3 is 5.97 Å². The molecule has 1 aliphatic heterocycles. The number of rotatable bonds is 2. The Hall–Kier alpha value is -3.07. The van der Waals surface area contributed by atoms with Gasteiger partial charge < -0.3 is 9.47 Å². The molecule has 0 aromatic heterocycles. The maximum Gasteiger partial charge on any atom is 0.316 e. The van der Waals surface area contributed by atoms with E-state index in [1.807, 2.05) is 63.2 Å². The van der Waals surface area contributed by atoms with Crippen LogP contribution < -0.4 is 4.74 Å². The van der Waals surface area contributed by atoms with E-state index in [0.717, 1.165) is 22.3 Å². The Morgan fingerprint density at radius 3 is 2.41 bits per heavy atom. The van der Waals surface area contributed by atoms with Crippen LogP contribution in [0, 0.1) is 5.41 Å². The molecular weight excluding hydrogens is 336 g/mol. The number of esters is 1. The van der Waals surface area contributed by atoms with Crippen molar-refractivity contribution < 1.29 is 14.3 Å². The SMILES string of the molecule is CC(C)(C)C(=O)OC1=C[C@@H](c2ccc3ccccc3c2)Oc2ccccc21. The first-order valence-corrected chi connectivity index (χ1v) is 9.11. The quantitative estimate of drug-likeness (QED) is 0.535. The lowest BCUT2D eigenvalue weighted by molar-refractivity contribution is -0.145. The van der Waals surface area contributed by atoms with Gasteiger partial charge in [0.25, 0.3) is 0 Å². The summed E-state index contributed by atoms with van der Waals surface area (Å²) in [6.07, 6.45) is 1.57. The second-order valence-corrected chi connectivity index (χ2v) is 7.81. The summed E-state index contributed by atoms with van der Waals surface area (Å²) in [6, 6.07) is 22.1. The first-order chi connectivity index (χ1) is 12.9. The Morgan fingerprint density at radius 1 is 0.926 bits per heavy atom. The van der Waals surface area contributed by atoms with Gasteiger partial charge in [0.15, 0.2) is 0 Å². The van der Waals surface area contributed by atoms with Gasteiger partial charge in [-0.05, 0) is 55.3 Å². The summed E-state index contributed by atoms with van der Waals surface area (Å²) in [6.45, 7) is 5.55. The highest BCUT2D eigenvalue weighted by Crippen LogP contribution is 2.39. The number of ether oxygens (including phenoxy) is 2. The number of hydrogen-bond acceptors (Lipinski definition) is 3. The second-order valence-electron chi connectivity index (χ2n) is 7.81. The molecule has 0 radical (unpaired) electrons. The number of benzene rings is 3. The average Bonchev–Trinajstić information content (AvgIpc) is 2.66. The molecule has 0 spiro atoms. The Morgan fingerprint density at radius 2 is 1.63 bits per heavy atom. The van der Waals surface area contributed by atoms with Gasteiger partial charge in [0.1, 0.15) is 17.6 Å². The summed E-state index contributed by atoms with van der Waals surface area (Å²) in [5.74, 6) is 1.01. The standard InChI is InChI=1S/C24H22O3/c1-24(2,3)23(25)27-22-15-21(26-20-11-7-6-10-19(20)22)18-13-12-16-8-4-5-9-17(16)14-18/h4-15,21H,1-3H3/t21-/m0/s1. The summed E-state index contributed by atoms with van der Waals surface area (Å²) < 4.78 is 12.0. The maximum atomic E-state index is 12.5. The van der Waals surface area contributed by atoms with Crippen molar-refractivity contribution in [3.8, 4) is 5.75 Å². The largest absolute Gasteiger partial charge is 0.481 e. The molecule has 3 nitrogen and oxygen atoms in total. The van der Waals surface area contributed by atoms with Crippen molar-refractivity contribution in [2.45, 2.75) is 26.9 Å². The molecular formula is C24H22O3. The van der Waals surface area contributed by atoms with Crippen molar-refractivity contribution in [3.63, 3.8) is 0 Å². The zero-order chi connectivity index (χ0) is 19.0. The van der Waals surface area contributed by atoms with Gasteiger partial charge in [0.2, 0.25) is 0 Å². The van der Waals surface area contributed by atoms with Crippen LogP contribution in [0.2, 0.25) is 0 Å². The van der Waals surface area contributed by atoms with E-state index in [0.29, 0.717) is 5.76 Å². The average molecular weight is 358 g/mol. The molecule has 3 aromatic rings. The van der Waals surface area contributed by atoms with Crippen molar-refractivity contribution in [2.75, 3.05) is 0 Å². The summed E-state index contributed by atoms with van der Waals surface area (Å²) in [4.78, 5) is 12.5. The zero-order valence-corrected chi connectivity index (χ0v) is 15.7. The van der Waals surface area contributed by atoms with E-state index in [2.05, 4.69) is 30.3 Å². The molecule has 1 atom stereocenters. The molecule has 0 saturated heterocycles. The molecule has 1 heterocycles. The van der Waals surface area contributed by atoms with Crippen molar-refractivity contribution >= 4 is 22.5 Å². The van der Waals surface area contributed by atoms with Gasteiger partial charge in [0, 0.05) is 6.08 Å². The summed E-state index contributed by atoms with van der Waals surface area (Å²) in [7, 11) is 0. The first kappa shape index (κ1) is 17.3. The van der Waals surface area contributed by atoms with Crippen molar-refractivity contribution in [3.05, 3.63) is 83.9 Å². The zero-order valence-electron chi connectivity index (χ0n) is 15.7. The number of para-hydroxylation sites is 1. The molecule has 0 fully saturated rings. The van der Waals surface area contributed by atoms with Crippen LogP contribution in [0.25, 0.3) is 16.5 Å². The topological polar surface area (TPSA) is 35.5 Å². The third-order valence-corrected chi connectivity index (χ3v) is 4.63. The van der Waals surface area contributed by atoms with Crippen LogP contribution in [-0.4, -0.2) is 5.97 Å². The Bertz CT molecular complexity index is 1040. The first-order valence-electron chi connectivity index (χ1n) is 9.11. The molecule has 0 N–H and O–H groups in total. The minimum atomic E-state index is -0.577. The van der Waals surface area contributed by atoms with Crippen molar-refractivity contribution in [2.24, 2.45) is 5.41 Å². The molecule has 0 unspecified atom stereocenters. The summed E-state index contributed by atoms with van der Waals surface area (Å²) in [5.41, 5.74) is 1.24. The Kier molecular flexibility index (Phi) is 4.23. The molecule has 0 bridgehead atoms. The van der Waals surface area contributed by atoms with Crippen LogP contribution in [0.1, 0.15) is 38.0 Å². The highest BCUT2D eigenvalue weighted by molar-refractivity contribution is 5.85. The van der Waals surface area contributed by atoms with Crippen molar-refractivity contribution in [1.82, 2.24) is 0 Å². The van der Waals surface area contributed by atoms with Gasteiger partial charge in [-0.2, -0.15) is 0 Å². The van der Waals surface area contributed by atoms with E-state index in [-0.39, 0.29) is 12.1 Å². The minimum Gasteiger partial charge on any atom is -0.481 e. The summed E-state index contributed by atoms with van der Waals surface area (Å²) >= 11 is 0. The van der Waals surface area contributed by atoms with E-state index in [4.69, 9.17) is 9.47 Å². The number of hydrogen-bond donors (Lipinski definition) is 0. The van der Waals surface area contributed by atoms with E-state index in [9.17, 15) is 4.79 Å². The molecule has 3 aromatic carbocycles. The smallest absolute Gasteiger partial charge is 0.316 e. The van der Waals surface area contributed by atoms with Crippen LogP contribution in [0.4, 0.5) is 0 Å². The third-order valence-electron chi connectivity index (χ3n) is 4.63. The fourth-order valence-electron chi connectivity index (χ4n) is 3.06. The number of carbonyl (C=O) groups is 1. The predicted molar refractivity (Wildman–Crippen MR) is 107 cm³/mol. The lowest BCUT2D eigenvalue weighted by atomic mass is 9.96. The van der Waals surface area contributed by atoms with Crippen molar-refractivity contribution in [1.29, 1.82) is 0 Å². The summed E-state index contributed by atoms with van der Waals surface area (Å²) in [5, 5.41) is 2.33. The second kappa shape index (κ2) is 6.58. The minimum absolute atomic E-state index is 0.261. The highest BCUT2D eigenvalue weighted by atomic mass is 16.5. The molecule has 0 aliphatic carbocycles. The fourth-order valence-corrected chi connectivity index (χ4v) is 3.06. The van der Waals surface area contributed by atoms with E-state index >= 15 is 0 Å². The van der Waals surface area contributed by atoms with E-state index in [1.165, 1.54) is 5.39 Å². The van der Waals surface area contributed by atoms with E-state index in [1.54, 1.807) is 0 Å². The lowest BCUT2D eigenvalue weighted by Crippen LogP contribution is -2.23. The monoisotopic (exact) mass is 358 g/mol. The lowest BCUT2D eigenvalue weighted by Gasteiger charge is -2.27. The molecule has 0 amide bonds. The van der Waals surface area contributed by atoms with Crippen LogP contribution in [-0.2, 0) is 9.53 Å². The maximum absolute atomic E-state index is 12.5. The molecule has 3 heteroatoms. The highest BCUT2D eigenvalue weighted by Gasteiger charge is 2.29. The van der Waals surface area contributed by atoms with E-state index < -0.39 is 5.41 Å². The van der Waals surface area contributed by atoms with Crippen LogP contribution >= 0.6 is 0 Å². The van der Waals surface area contributed by atoms with Crippen LogP contribution in [0.5, 0.6) is 5.75 Å². The molecule has 4 rings (SSSR count). The number of carbonyl (C=O) groups excluding carboxylic acids is 1. The molecule has 1 aliphatic rings. The fraction of sp³-hybridized carbons (Fsp3) is 0.208. The molecule has 0 saturated carbocycles. The van der Waals surface area contributed by atoms with Gasteiger partial charge in [-0.25, -0.2) is 0 Å². The third kappa shape index (κ3) is 3.45. The van der Waals surface area contributed by atoms with Crippen LogP contribution in [0.3, 0.4) is 0 Å². The molecule has 136 valence electrons. The van der Waals surface area contributed by atoms with Gasteiger partial charge in [-0.1, -0.05) is 48.5 Å².